The number of nitrogens with one attached hydrogen (secondary N) is 1. The highest BCUT2D eigenvalue weighted by Gasteiger charge is 2.07. The lowest BCUT2D eigenvalue weighted by atomic mass is 10.1. The van der Waals surface area contributed by atoms with Gasteiger partial charge in [0.1, 0.15) is 6.61 Å². The second-order valence-corrected chi connectivity index (χ2v) is 6.62. The average molecular weight is 403 g/mol. The van der Waals surface area contributed by atoms with Gasteiger partial charge in [-0.2, -0.15) is 5.10 Å². The van der Waals surface area contributed by atoms with Crippen LogP contribution in [-0.4, -0.2) is 18.7 Å². The summed E-state index contributed by atoms with van der Waals surface area (Å²) in [7, 11) is 0. The van der Waals surface area contributed by atoms with Crippen LogP contribution in [-0.2, 0) is 17.8 Å². The van der Waals surface area contributed by atoms with E-state index in [1.54, 1.807) is 18.3 Å². The number of nitrogen functional groups attached to an aromatic ring is 1. The van der Waals surface area contributed by atoms with Crippen molar-refractivity contribution in [2.75, 3.05) is 12.3 Å². The van der Waals surface area contributed by atoms with E-state index >= 15 is 0 Å². The molecule has 0 aliphatic heterocycles. The summed E-state index contributed by atoms with van der Waals surface area (Å²) in [6.45, 7) is 2.88. The molecule has 0 spiro atoms. The number of anilines is 1. The smallest absolute Gasteiger partial charge is 0.244 e. The molecular formula is C24H25N3O3. The van der Waals surface area contributed by atoms with Gasteiger partial charge in [-0.25, -0.2) is 5.43 Å². The standard InChI is InChI=1S/C24H25N3O3/c1-2-29-23-14-20(10-13-22(23)30-17-19-6-4-3-5-7-19)16-26-27-24(28)15-18-8-11-21(25)12-9-18/h3-14,16H,2,15,17,25H2,1H3,(H,27,28)/b26-16-. The van der Waals surface area contributed by atoms with Gasteiger partial charge in [0.15, 0.2) is 11.5 Å². The quantitative estimate of drug-likeness (QED) is 0.322. The number of hydrogen-bond acceptors (Lipinski definition) is 5. The van der Waals surface area contributed by atoms with Crippen LogP contribution in [0.5, 0.6) is 11.5 Å². The van der Waals surface area contributed by atoms with Crippen molar-refractivity contribution in [3.63, 3.8) is 0 Å². The first-order chi connectivity index (χ1) is 14.6. The number of hydrazone groups is 1. The molecule has 0 aromatic heterocycles. The molecule has 1 amide bonds. The Kier molecular flexibility index (Phi) is 7.44. The number of benzene rings is 3. The van der Waals surface area contributed by atoms with Gasteiger partial charge in [-0.05, 0) is 53.9 Å². The van der Waals surface area contributed by atoms with Crippen LogP contribution in [0, 0.1) is 0 Å². The number of ether oxygens (including phenoxy) is 2. The molecule has 0 fully saturated rings. The maximum Gasteiger partial charge on any atom is 0.244 e. The van der Waals surface area contributed by atoms with E-state index in [9.17, 15) is 4.79 Å². The van der Waals surface area contributed by atoms with E-state index in [1.165, 1.54) is 0 Å². The summed E-state index contributed by atoms with van der Waals surface area (Å²) in [5.41, 5.74) is 11.6. The molecule has 0 heterocycles. The van der Waals surface area contributed by atoms with Crippen molar-refractivity contribution in [3.05, 3.63) is 89.5 Å². The van der Waals surface area contributed by atoms with Gasteiger partial charge in [0.2, 0.25) is 5.91 Å². The molecule has 0 radical (unpaired) electrons. The number of carbonyl (C=O) groups is 1. The van der Waals surface area contributed by atoms with Gasteiger partial charge in [-0.15, -0.1) is 0 Å². The highest BCUT2D eigenvalue weighted by atomic mass is 16.5. The summed E-state index contributed by atoms with van der Waals surface area (Å²) >= 11 is 0. The highest BCUT2D eigenvalue weighted by molar-refractivity contribution is 5.84. The molecular weight excluding hydrogens is 378 g/mol. The molecule has 0 bridgehead atoms. The van der Waals surface area contributed by atoms with E-state index in [4.69, 9.17) is 15.2 Å². The minimum absolute atomic E-state index is 0.205. The molecule has 0 atom stereocenters. The maximum atomic E-state index is 12.0. The Hall–Kier alpha value is -3.80. The Morgan fingerprint density at radius 2 is 1.73 bits per heavy atom. The normalized spacial score (nSPS) is 10.7. The first kappa shape index (κ1) is 20.9. The van der Waals surface area contributed by atoms with Gasteiger partial charge in [-0.3, -0.25) is 4.79 Å². The third-order valence-corrected chi connectivity index (χ3v) is 4.25. The monoisotopic (exact) mass is 403 g/mol. The Labute approximate surface area is 176 Å². The fraction of sp³-hybridized carbons (Fsp3) is 0.167. The Morgan fingerprint density at radius 1 is 0.967 bits per heavy atom. The van der Waals surface area contributed by atoms with Crippen LogP contribution < -0.4 is 20.6 Å². The molecule has 6 nitrogen and oxygen atoms in total. The molecule has 0 aliphatic carbocycles. The lowest BCUT2D eigenvalue weighted by molar-refractivity contribution is -0.120. The molecule has 0 saturated carbocycles. The van der Waals surface area contributed by atoms with Crippen molar-refractivity contribution >= 4 is 17.8 Å². The first-order valence-corrected chi connectivity index (χ1v) is 9.74. The summed E-state index contributed by atoms with van der Waals surface area (Å²) in [5.74, 6) is 1.08. The van der Waals surface area contributed by atoms with Gasteiger partial charge < -0.3 is 15.2 Å². The predicted molar refractivity (Wildman–Crippen MR) is 119 cm³/mol. The molecule has 3 rings (SSSR count). The molecule has 154 valence electrons. The van der Waals surface area contributed by atoms with E-state index < -0.39 is 0 Å². The second kappa shape index (κ2) is 10.7. The topological polar surface area (TPSA) is 85.9 Å². The fourth-order valence-electron chi connectivity index (χ4n) is 2.77. The number of hydrogen-bond donors (Lipinski definition) is 2. The average Bonchev–Trinajstić information content (AvgIpc) is 2.76. The van der Waals surface area contributed by atoms with Crippen LogP contribution in [0.25, 0.3) is 0 Å². The summed E-state index contributed by atoms with van der Waals surface area (Å²) in [5, 5.41) is 4.03. The molecule has 3 N–H and O–H groups in total. The van der Waals surface area contributed by atoms with E-state index in [0.717, 1.165) is 16.7 Å². The van der Waals surface area contributed by atoms with Crippen molar-refractivity contribution in [2.24, 2.45) is 5.10 Å². The van der Waals surface area contributed by atoms with Gasteiger partial charge in [-0.1, -0.05) is 42.5 Å². The summed E-state index contributed by atoms with van der Waals surface area (Å²) in [6.07, 6.45) is 1.80. The van der Waals surface area contributed by atoms with Crippen LogP contribution >= 0.6 is 0 Å². The predicted octanol–water partition coefficient (Wildman–Crippen LogP) is 3.94. The number of nitrogens with zero attached hydrogens (tertiary/aromatic N) is 1. The zero-order valence-corrected chi connectivity index (χ0v) is 16.9. The van der Waals surface area contributed by atoms with Crippen LogP contribution in [0.4, 0.5) is 5.69 Å². The molecule has 0 unspecified atom stereocenters. The highest BCUT2D eigenvalue weighted by Crippen LogP contribution is 2.28. The van der Waals surface area contributed by atoms with Crippen LogP contribution in [0.2, 0.25) is 0 Å². The maximum absolute atomic E-state index is 12.0. The Bertz CT molecular complexity index is 986. The van der Waals surface area contributed by atoms with E-state index in [-0.39, 0.29) is 12.3 Å². The molecule has 0 saturated heterocycles. The zero-order valence-electron chi connectivity index (χ0n) is 16.9. The third kappa shape index (κ3) is 6.38. The van der Waals surface area contributed by atoms with Gasteiger partial charge in [0.25, 0.3) is 0 Å². The lowest BCUT2D eigenvalue weighted by Gasteiger charge is -2.12. The summed E-state index contributed by atoms with van der Waals surface area (Å²) in [6, 6.07) is 22.6. The van der Waals surface area contributed by atoms with Crippen molar-refractivity contribution in [1.29, 1.82) is 0 Å². The SMILES string of the molecule is CCOc1cc(/C=N\NC(=O)Cc2ccc(N)cc2)ccc1OCc1ccccc1. The van der Waals surface area contributed by atoms with E-state index in [0.29, 0.717) is 30.4 Å². The first-order valence-electron chi connectivity index (χ1n) is 9.74. The van der Waals surface area contributed by atoms with Crippen LogP contribution in [0.1, 0.15) is 23.6 Å². The van der Waals surface area contributed by atoms with Gasteiger partial charge in [0.05, 0.1) is 19.2 Å². The lowest BCUT2D eigenvalue weighted by Crippen LogP contribution is -2.19. The van der Waals surface area contributed by atoms with Crippen molar-refractivity contribution in [3.8, 4) is 11.5 Å². The van der Waals surface area contributed by atoms with Crippen molar-refractivity contribution in [1.82, 2.24) is 5.43 Å². The Balaban J connectivity index is 1.59. The van der Waals surface area contributed by atoms with Gasteiger partial charge >= 0.3 is 0 Å². The molecule has 0 aliphatic rings. The number of amides is 1. The molecule has 3 aromatic rings. The molecule has 6 heteroatoms. The zero-order chi connectivity index (χ0) is 21.2. The van der Waals surface area contributed by atoms with Crippen LogP contribution in [0.15, 0.2) is 77.9 Å². The van der Waals surface area contributed by atoms with E-state index in [2.05, 4.69) is 10.5 Å². The third-order valence-electron chi connectivity index (χ3n) is 4.25. The van der Waals surface area contributed by atoms with Crippen molar-refractivity contribution in [2.45, 2.75) is 20.0 Å². The molecule has 30 heavy (non-hydrogen) atoms. The number of nitrogens with two attached hydrogens (primary N) is 1. The largest absolute Gasteiger partial charge is 0.490 e. The van der Waals surface area contributed by atoms with E-state index in [1.807, 2.05) is 67.6 Å². The fourth-order valence-corrected chi connectivity index (χ4v) is 2.77. The number of carbonyl (C=O) groups excluding carboxylic acids is 1. The van der Waals surface area contributed by atoms with Crippen LogP contribution in [0.3, 0.4) is 0 Å². The van der Waals surface area contributed by atoms with Gasteiger partial charge in [0, 0.05) is 5.69 Å². The minimum atomic E-state index is -0.205. The van der Waals surface area contributed by atoms with Crippen molar-refractivity contribution < 1.29 is 14.3 Å². The minimum Gasteiger partial charge on any atom is -0.490 e. The molecule has 3 aromatic carbocycles. The summed E-state index contributed by atoms with van der Waals surface area (Å²) in [4.78, 5) is 12.0. The number of rotatable bonds is 9. The second-order valence-electron chi connectivity index (χ2n) is 6.62. The summed E-state index contributed by atoms with van der Waals surface area (Å²) < 4.78 is 11.6. The Morgan fingerprint density at radius 3 is 2.47 bits per heavy atom.